The summed E-state index contributed by atoms with van der Waals surface area (Å²) in [6, 6.07) is 20.6. The Hall–Kier alpha value is -2.96. The van der Waals surface area contributed by atoms with E-state index < -0.39 is 5.60 Å². The van der Waals surface area contributed by atoms with E-state index in [-0.39, 0.29) is 18.0 Å². The van der Waals surface area contributed by atoms with Crippen molar-refractivity contribution in [3.63, 3.8) is 0 Å². The lowest BCUT2D eigenvalue weighted by Crippen LogP contribution is -2.54. The molecule has 3 fully saturated rings. The van der Waals surface area contributed by atoms with E-state index in [1.54, 1.807) is 0 Å². The maximum absolute atomic E-state index is 14.2. The molecular formula is C31H38N4O2. The van der Waals surface area contributed by atoms with E-state index in [4.69, 9.17) is 4.98 Å². The van der Waals surface area contributed by atoms with Gasteiger partial charge in [0.25, 0.3) is 5.91 Å². The number of piperazine rings is 1. The monoisotopic (exact) mass is 498 g/mol. The third-order valence-electron chi connectivity index (χ3n) is 8.60. The van der Waals surface area contributed by atoms with Crippen LogP contribution in [0.3, 0.4) is 0 Å². The van der Waals surface area contributed by atoms with Crippen molar-refractivity contribution in [1.82, 2.24) is 19.8 Å². The molecule has 1 saturated heterocycles. The van der Waals surface area contributed by atoms with Crippen molar-refractivity contribution in [2.75, 3.05) is 19.6 Å². The fraction of sp³-hybridized carbons (Fsp3) is 0.484. The zero-order chi connectivity index (χ0) is 25.2. The minimum Gasteiger partial charge on any atom is -0.388 e. The molecule has 2 saturated carbocycles. The molecule has 2 heterocycles. The maximum Gasteiger partial charge on any atom is 0.275 e. The molecule has 2 N–H and O–H groups in total. The topological polar surface area (TPSA) is 70.4 Å². The predicted molar refractivity (Wildman–Crippen MR) is 145 cm³/mol. The van der Waals surface area contributed by atoms with Crippen LogP contribution in [0.5, 0.6) is 0 Å². The van der Waals surface area contributed by atoms with Crippen molar-refractivity contribution in [2.45, 2.75) is 69.1 Å². The average molecular weight is 499 g/mol. The maximum atomic E-state index is 14.2. The van der Waals surface area contributed by atoms with E-state index in [0.717, 1.165) is 62.9 Å². The summed E-state index contributed by atoms with van der Waals surface area (Å²) in [5.41, 5.74) is 2.83. The van der Waals surface area contributed by atoms with Gasteiger partial charge in [-0.3, -0.25) is 4.79 Å². The number of nitrogens with one attached hydrogen (secondary N) is 1. The molecule has 2 aliphatic carbocycles. The van der Waals surface area contributed by atoms with Gasteiger partial charge in [-0.15, -0.1) is 0 Å². The highest BCUT2D eigenvalue weighted by molar-refractivity contribution is 5.98. The fourth-order valence-corrected chi connectivity index (χ4v) is 6.53. The Morgan fingerprint density at radius 3 is 2.54 bits per heavy atom. The highest BCUT2D eigenvalue weighted by atomic mass is 16.3. The van der Waals surface area contributed by atoms with Crippen molar-refractivity contribution >= 4 is 5.91 Å². The van der Waals surface area contributed by atoms with Gasteiger partial charge in [0.2, 0.25) is 0 Å². The van der Waals surface area contributed by atoms with Crippen LogP contribution in [0.4, 0.5) is 0 Å². The summed E-state index contributed by atoms with van der Waals surface area (Å²) in [6.45, 7) is 2.21. The number of aliphatic hydroxyl groups is 1. The molecule has 3 aromatic rings. The first-order valence-electron chi connectivity index (χ1n) is 14.0. The number of benzene rings is 2. The minimum absolute atomic E-state index is 0.0124. The quantitative estimate of drug-likeness (QED) is 0.488. The van der Waals surface area contributed by atoms with Crippen molar-refractivity contribution in [1.29, 1.82) is 0 Å². The van der Waals surface area contributed by atoms with Crippen LogP contribution in [0.15, 0.2) is 67.0 Å². The van der Waals surface area contributed by atoms with E-state index >= 15 is 0 Å². The third kappa shape index (κ3) is 5.10. The third-order valence-corrected chi connectivity index (χ3v) is 8.60. The highest BCUT2D eigenvalue weighted by Crippen LogP contribution is 2.48. The molecule has 37 heavy (non-hydrogen) atoms. The van der Waals surface area contributed by atoms with Crippen LogP contribution in [0, 0.1) is 5.92 Å². The number of hydrogen-bond acceptors (Lipinski definition) is 4. The second-order valence-electron chi connectivity index (χ2n) is 11.3. The standard InChI is InChI=1S/C31H38N4O2/c36-30(34-18-17-32-21-26(34)19-23-9-3-1-4-10-23)28-29(25-11-5-2-6-12-25)35(22-33-28)27-13-7-8-16-31(27,37)20-24-14-15-24/h1-6,9-12,22,24,26-27,32,37H,7-8,13-21H2/t26-,27-,31-/m1/s1. The number of carbonyl (C=O) groups excluding carboxylic acids is 1. The smallest absolute Gasteiger partial charge is 0.275 e. The van der Waals surface area contributed by atoms with Gasteiger partial charge in [-0.2, -0.15) is 0 Å². The van der Waals surface area contributed by atoms with Crippen molar-refractivity contribution in [2.24, 2.45) is 5.92 Å². The Morgan fingerprint density at radius 1 is 1.03 bits per heavy atom. The van der Waals surface area contributed by atoms with E-state index in [1.807, 2.05) is 35.5 Å². The molecular weight excluding hydrogens is 460 g/mol. The van der Waals surface area contributed by atoms with Crippen LogP contribution in [0.1, 0.15) is 67.0 Å². The van der Waals surface area contributed by atoms with Gasteiger partial charge in [0.1, 0.15) is 0 Å². The Kier molecular flexibility index (Phi) is 6.87. The van der Waals surface area contributed by atoms with Gasteiger partial charge in [-0.25, -0.2) is 4.98 Å². The molecule has 0 bridgehead atoms. The van der Waals surface area contributed by atoms with E-state index in [2.05, 4.69) is 46.3 Å². The minimum atomic E-state index is -0.741. The second kappa shape index (κ2) is 10.4. The predicted octanol–water partition coefficient (Wildman–Crippen LogP) is 4.85. The number of amides is 1. The van der Waals surface area contributed by atoms with E-state index in [9.17, 15) is 9.90 Å². The van der Waals surface area contributed by atoms with E-state index in [1.165, 1.54) is 18.4 Å². The summed E-state index contributed by atoms with van der Waals surface area (Å²) in [7, 11) is 0. The van der Waals surface area contributed by atoms with Crippen LogP contribution in [0.25, 0.3) is 11.3 Å². The molecule has 6 heteroatoms. The van der Waals surface area contributed by atoms with Gasteiger partial charge in [-0.05, 0) is 37.2 Å². The summed E-state index contributed by atoms with van der Waals surface area (Å²) < 4.78 is 2.15. The summed E-state index contributed by atoms with van der Waals surface area (Å²) in [5.74, 6) is 0.622. The zero-order valence-electron chi connectivity index (χ0n) is 21.6. The number of nitrogens with zero attached hydrogens (tertiary/aromatic N) is 3. The molecule has 1 aromatic heterocycles. The Bertz CT molecular complexity index is 1210. The van der Waals surface area contributed by atoms with E-state index in [0.29, 0.717) is 18.2 Å². The Balaban J connectivity index is 1.37. The first kappa shape index (κ1) is 24.4. The Labute approximate surface area is 219 Å². The number of hydrogen-bond donors (Lipinski definition) is 2. The highest BCUT2D eigenvalue weighted by Gasteiger charge is 2.45. The molecule has 6 rings (SSSR count). The molecule has 194 valence electrons. The first-order chi connectivity index (χ1) is 18.1. The molecule has 3 aliphatic rings. The lowest BCUT2D eigenvalue weighted by molar-refractivity contribution is -0.0518. The van der Waals surface area contributed by atoms with Gasteiger partial charge in [0, 0.05) is 31.2 Å². The second-order valence-corrected chi connectivity index (χ2v) is 11.3. The van der Waals surface area contributed by atoms with Crippen molar-refractivity contribution in [3.8, 4) is 11.3 Å². The molecule has 1 aliphatic heterocycles. The largest absolute Gasteiger partial charge is 0.388 e. The molecule has 2 aromatic carbocycles. The van der Waals surface area contributed by atoms with Gasteiger partial charge >= 0.3 is 0 Å². The van der Waals surface area contributed by atoms with Gasteiger partial charge in [0.05, 0.1) is 23.7 Å². The van der Waals surface area contributed by atoms with Gasteiger partial charge in [0.15, 0.2) is 5.69 Å². The fourth-order valence-electron chi connectivity index (χ4n) is 6.53. The molecule has 3 atom stereocenters. The number of carbonyl (C=O) groups is 1. The average Bonchev–Trinajstić information content (AvgIpc) is 3.63. The van der Waals surface area contributed by atoms with Crippen molar-refractivity contribution in [3.05, 3.63) is 78.2 Å². The van der Waals surface area contributed by atoms with Crippen LogP contribution in [-0.2, 0) is 6.42 Å². The molecule has 1 amide bonds. The lowest BCUT2D eigenvalue weighted by Gasteiger charge is -2.42. The molecule has 0 radical (unpaired) electrons. The number of rotatable bonds is 7. The normalized spacial score (nSPS) is 26.2. The van der Waals surface area contributed by atoms with Crippen LogP contribution in [0.2, 0.25) is 0 Å². The summed E-state index contributed by atoms with van der Waals surface area (Å²) in [4.78, 5) is 21.0. The zero-order valence-corrected chi connectivity index (χ0v) is 21.6. The Morgan fingerprint density at radius 2 is 1.78 bits per heavy atom. The summed E-state index contributed by atoms with van der Waals surface area (Å²) >= 11 is 0. The first-order valence-corrected chi connectivity index (χ1v) is 14.0. The SMILES string of the molecule is O=C(c1ncn([C@@H]2CCCC[C@@]2(O)CC2CC2)c1-c1ccccc1)N1CCNC[C@H]1Cc1ccccc1. The molecule has 0 unspecified atom stereocenters. The van der Waals surface area contributed by atoms with Crippen LogP contribution in [-0.4, -0.2) is 56.7 Å². The van der Waals surface area contributed by atoms with Crippen LogP contribution < -0.4 is 5.32 Å². The molecule has 6 nitrogen and oxygen atoms in total. The summed E-state index contributed by atoms with van der Waals surface area (Å²) in [5, 5.41) is 15.4. The van der Waals surface area contributed by atoms with Crippen LogP contribution >= 0.6 is 0 Å². The number of aromatic nitrogens is 2. The van der Waals surface area contributed by atoms with Gasteiger partial charge in [-0.1, -0.05) is 86.3 Å². The molecule has 0 spiro atoms. The van der Waals surface area contributed by atoms with Gasteiger partial charge < -0.3 is 19.9 Å². The van der Waals surface area contributed by atoms with Crippen molar-refractivity contribution < 1.29 is 9.90 Å². The number of imidazole rings is 1. The lowest BCUT2D eigenvalue weighted by atomic mass is 9.76. The summed E-state index contributed by atoms with van der Waals surface area (Å²) in [6.07, 6.45) is 9.82.